The number of nitrogens with one attached hydrogen (secondary N) is 2. The molecule has 6 rings (SSSR count). The fourth-order valence-electron chi connectivity index (χ4n) is 6.92. The number of nitrogens with zero attached hydrogens (tertiary/aromatic N) is 1. The van der Waals surface area contributed by atoms with Crippen LogP contribution < -0.4 is 10.6 Å². The number of benzene rings is 1. The van der Waals surface area contributed by atoms with E-state index in [1.165, 1.54) is 26.2 Å². The van der Waals surface area contributed by atoms with E-state index in [9.17, 15) is 14.4 Å². The van der Waals surface area contributed by atoms with Crippen molar-refractivity contribution >= 4 is 23.4 Å². The summed E-state index contributed by atoms with van der Waals surface area (Å²) in [6.45, 7) is 2.14. The van der Waals surface area contributed by atoms with Crippen molar-refractivity contribution < 1.29 is 14.4 Å². The van der Waals surface area contributed by atoms with Crippen molar-refractivity contribution in [3.05, 3.63) is 29.8 Å². The molecule has 4 bridgehead atoms. The van der Waals surface area contributed by atoms with Crippen molar-refractivity contribution in [3.8, 4) is 0 Å². The molecule has 4 saturated carbocycles. The Morgan fingerprint density at radius 1 is 0.967 bits per heavy atom. The maximum atomic E-state index is 12.9. The number of amides is 3. The minimum Gasteiger partial charge on any atom is -0.347 e. The average Bonchev–Trinajstić information content (AvgIpc) is 3.17. The number of hydrogen-bond acceptors (Lipinski definition) is 3. The van der Waals surface area contributed by atoms with E-state index in [1.807, 2.05) is 0 Å². The zero-order valence-corrected chi connectivity index (χ0v) is 17.7. The first kappa shape index (κ1) is 19.6. The molecule has 0 spiro atoms. The predicted octanol–water partition coefficient (Wildman–Crippen LogP) is 3.33. The van der Waals surface area contributed by atoms with E-state index in [-0.39, 0.29) is 23.3 Å². The molecule has 1 atom stereocenters. The minimum atomic E-state index is -0.401. The topological polar surface area (TPSA) is 78.5 Å². The lowest BCUT2D eigenvalue weighted by atomic mass is 9.53. The molecule has 1 aromatic carbocycles. The Morgan fingerprint density at radius 2 is 1.57 bits per heavy atom. The molecule has 1 saturated heterocycles. The zero-order chi connectivity index (χ0) is 20.9. The number of likely N-dealkylation sites (tertiary alicyclic amines) is 1. The van der Waals surface area contributed by atoms with E-state index in [0.29, 0.717) is 24.2 Å². The summed E-state index contributed by atoms with van der Waals surface area (Å²) in [6.07, 6.45) is 8.99. The van der Waals surface area contributed by atoms with Crippen LogP contribution in [0.15, 0.2) is 24.3 Å². The maximum Gasteiger partial charge on any atom is 0.251 e. The Hall–Kier alpha value is -2.37. The van der Waals surface area contributed by atoms with Gasteiger partial charge in [0.05, 0.1) is 0 Å². The van der Waals surface area contributed by atoms with Crippen molar-refractivity contribution in [1.29, 1.82) is 0 Å². The molecule has 1 unspecified atom stereocenters. The molecule has 0 aromatic heterocycles. The first-order valence-electron chi connectivity index (χ1n) is 11.4. The van der Waals surface area contributed by atoms with Crippen LogP contribution in [0.25, 0.3) is 0 Å². The van der Waals surface area contributed by atoms with E-state index < -0.39 is 6.04 Å². The quantitative estimate of drug-likeness (QED) is 0.801. The molecule has 6 heteroatoms. The summed E-state index contributed by atoms with van der Waals surface area (Å²) in [5.41, 5.74) is 1.29. The summed E-state index contributed by atoms with van der Waals surface area (Å²) in [6, 6.07) is 6.71. The second-order valence-electron chi connectivity index (χ2n) is 10.1. The second-order valence-corrected chi connectivity index (χ2v) is 10.1. The van der Waals surface area contributed by atoms with Gasteiger partial charge < -0.3 is 15.5 Å². The van der Waals surface area contributed by atoms with Crippen LogP contribution in [-0.2, 0) is 9.59 Å². The number of carbonyl (C=O) groups is 3. The Bertz CT molecular complexity index is 828. The number of carbonyl (C=O) groups excluding carboxylic acids is 3. The summed E-state index contributed by atoms with van der Waals surface area (Å²) in [4.78, 5) is 38.9. The van der Waals surface area contributed by atoms with Gasteiger partial charge in [-0.15, -0.1) is 0 Å². The predicted molar refractivity (Wildman–Crippen MR) is 114 cm³/mol. The van der Waals surface area contributed by atoms with Gasteiger partial charge in [-0.3, -0.25) is 14.4 Å². The molecular weight excluding hydrogens is 378 g/mol. The van der Waals surface area contributed by atoms with Crippen LogP contribution in [-0.4, -0.2) is 40.7 Å². The van der Waals surface area contributed by atoms with Gasteiger partial charge in [-0.2, -0.15) is 0 Å². The molecule has 0 radical (unpaired) electrons. The Morgan fingerprint density at radius 3 is 2.13 bits per heavy atom. The molecular formula is C24H31N3O3. The van der Waals surface area contributed by atoms with Gasteiger partial charge in [0.2, 0.25) is 11.8 Å². The zero-order valence-electron chi connectivity index (χ0n) is 17.7. The van der Waals surface area contributed by atoms with Gasteiger partial charge in [-0.1, -0.05) is 0 Å². The molecule has 1 heterocycles. The largest absolute Gasteiger partial charge is 0.347 e. The standard InChI is InChI=1S/C24H31N3O3/c1-15(28)27-8-2-3-21(27)23(30)25-20-6-4-19(5-7-20)22(29)26-24-12-16-9-17(13-24)11-18(10-16)14-24/h4-7,16-18,21H,2-3,8-14H2,1H3,(H,25,30)(H,26,29). The lowest BCUT2D eigenvalue weighted by Crippen LogP contribution is -2.59. The van der Waals surface area contributed by atoms with Crippen LogP contribution in [0.4, 0.5) is 5.69 Å². The van der Waals surface area contributed by atoms with Crippen molar-refractivity contribution in [2.24, 2.45) is 17.8 Å². The fraction of sp³-hybridized carbons (Fsp3) is 0.625. The highest BCUT2D eigenvalue weighted by molar-refractivity contribution is 5.98. The SMILES string of the molecule is CC(=O)N1CCCC1C(=O)Nc1ccc(C(=O)NC23CC4CC(CC(C4)C2)C3)cc1. The third-order valence-electron chi connectivity index (χ3n) is 7.79. The van der Waals surface area contributed by atoms with Gasteiger partial charge in [0.25, 0.3) is 5.91 Å². The van der Waals surface area contributed by atoms with E-state index >= 15 is 0 Å². The van der Waals surface area contributed by atoms with Gasteiger partial charge in [-0.25, -0.2) is 0 Å². The van der Waals surface area contributed by atoms with Crippen molar-refractivity contribution in [2.45, 2.75) is 69.9 Å². The van der Waals surface area contributed by atoms with Crippen molar-refractivity contribution in [3.63, 3.8) is 0 Å². The Labute approximate surface area is 177 Å². The average molecular weight is 410 g/mol. The highest BCUT2D eigenvalue weighted by Gasteiger charge is 2.51. The van der Waals surface area contributed by atoms with Gasteiger partial charge in [0.15, 0.2) is 0 Å². The number of hydrogen-bond donors (Lipinski definition) is 2. The first-order valence-corrected chi connectivity index (χ1v) is 11.4. The molecule has 1 aliphatic heterocycles. The third kappa shape index (κ3) is 3.61. The van der Waals surface area contributed by atoms with Crippen LogP contribution in [0, 0.1) is 17.8 Å². The summed E-state index contributed by atoms with van der Waals surface area (Å²) < 4.78 is 0. The van der Waals surface area contributed by atoms with Gasteiger partial charge >= 0.3 is 0 Å². The summed E-state index contributed by atoms with van der Waals surface area (Å²) in [5.74, 6) is 2.14. The molecule has 30 heavy (non-hydrogen) atoms. The first-order chi connectivity index (χ1) is 14.4. The van der Waals surface area contributed by atoms with Gasteiger partial charge in [0, 0.05) is 30.3 Å². The highest BCUT2D eigenvalue weighted by Crippen LogP contribution is 2.55. The lowest BCUT2D eigenvalue weighted by molar-refractivity contribution is -0.134. The third-order valence-corrected chi connectivity index (χ3v) is 7.79. The monoisotopic (exact) mass is 409 g/mol. The molecule has 4 aliphatic carbocycles. The number of anilines is 1. The van der Waals surface area contributed by atoms with E-state index in [0.717, 1.165) is 43.4 Å². The normalized spacial score (nSPS) is 34.1. The molecule has 160 valence electrons. The molecule has 1 aromatic rings. The van der Waals surface area contributed by atoms with E-state index in [4.69, 9.17) is 0 Å². The van der Waals surface area contributed by atoms with E-state index in [1.54, 1.807) is 29.2 Å². The van der Waals surface area contributed by atoms with Crippen LogP contribution >= 0.6 is 0 Å². The Balaban J connectivity index is 1.21. The summed E-state index contributed by atoms with van der Waals surface area (Å²) in [5, 5.41) is 6.29. The molecule has 5 aliphatic rings. The second kappa shape index (κ2) is 7.40. The van der Waals surface area contributed by atoms with Crippen LogP contribution in [0.3, 0.4) is 0 Å². The van der Waals surface area contributed by atoms with Crippen LogP contribution in [0.1, 0.15) is 68.6 Å². The fourth-order valence-corrected chi connectivity index (χ4v) is 6.92. The summed E-state index contributed by atoms with van der Waals surface area (Å²) >= 11 is 0. The van der Waals surface area contributed by atoms with Crippen LogP contribution in [0.5, 0.6) is 0 Å². The minimum absolute atomic E-state index is 0.00264. The number of rotatable bonds is 4. The highest BCUT2D eigenvalue weighted by atomic mass is 16.2. The molecule has 5 fully saturated rings. The summed E-state index contributed by atoms with van der Waals surface area (Å²) in [7, 11) is 0. The molecule has 6 nitrogen and oxygen atoms in total. The van der Waals surface area contributed by atoms with Crippen molar-refractivity contribution in [2.75, 3.05) is 11.9 Å². The van der Waals surface area contributed by atoms with Crippen molar-refractivity contribution in [1.82, 2.24) is 10.2 Å². The van der Waals surface area contributed by atoms with Gasteiger partial charge in [-0.05, 0) is 93.4 Å². The molecule has 2 N–H and O–H groups in total. The lowest BCUT2D eigenvalue weighted by Gasteiger charge is -2.56. The molecule has 3 amide bonds. The van der Waals surface area contributed by atoms with Crippen LogP contribution in [0.2, 0.25) is 0 Å². The maximum absolute atomic E-state index is 12.9. The van der Waals surface area contributed by atoms with E-state index in [2.05, 4.69) is 10.6 Å². The van der Waals surface area contributed by atoms with Gasteiger partial charge in [0.1, 0.15) is 6.04 Å². The Kier molecular flexibility index (Phi) is 4.83. The smallest absolute Gasteiger partial charge is 0.251 e.